The van der Waals surface area contributed by atoms with Crippen molar-refractivity contribution in [2.24, 2.45) is 0 Å². The molecular formula is C11H11ClN4O. The quantitative estimate of drug-likeness (QED) is 0.768. The average Bonchev–Trinajstić information content (AvgIpc) is 2.40. The van der Waals surface area contributed by atoms with E-state index in [0.29, 0.717) is 5.15 Å². The van der Waals surface area contributed by atoms with Crippen LogP contribution in [0.15, 0.2) is 18.5 Å². The van der Waals surface area contributed by atoms with E-state index in [2.05, 4.69) is 20.1 Å². The summed E-state index contributed by atoms with van der Waals surface area (Å²) in [5.41, 5.74) is 1.82. The molecule has 1 saturated heterocycles. The molecule has 3 rings (SSSR count). The summed E-state index contributed by atoms with van der Waals surface area (Å²) in [7, 11) is 0. The Morgan fingerprint density at radius 1 is 1.24 bits per heavy atom. The zero-order valence-corrected chi connectivity index (χ0v) is 9.89. The third-order valence-corrected chi connectivity index (χ3v) is 3.11. The molecule has 1 aliphatic rings. The van der Waals surface area contributed by atoms with Crippen LogP contribution in [-0.4, -0.2) is 41.5 Å². The third-order valence-electron chi connectivity index (χ3n) is 2.83. The molecule has 5 nitrogen and oxygen atoms in total. The summed E-state index contributed by atoms with van der Waals surface area (Å²) >= 11 is 6.01. The van der Waals surface area contributed by atoms with Gasteiger partial charge in [-0.3, -0.25) is 4.98 Å². The van der Waals surface area contributed by atoms with Crippen molar-refractivity contribution in [1.82, 2.24) is 15.2 Å². The largest absolute Gasteiger partial charge is 0.378 e. The van der Waals surface area contributed by atoms with E-state index in [1.54, 1.807) is 6.20 Å². The number of fused-ring (bicyclic) bond motifs is 1. The molecule has 0 aromatic carbocycles. The van der Waals surface area contributed by atoms with E-state index in [0.717, 1.165) is 42.9 Å². The monoisotopic (exact) mass is 250 g/mol. The first-order chi connectivity index (χ1) is 8.34. The minimum absolute atomic E-state index is 0.394. The number of aromatic nitrogens is 3. The summed E-state index contributed by atoms with van der Waals surface area (Å²) in [6, 6.07) is 2.00. The van der Waals surface area contributed by atoms with Crippen LogP contribution in [0, 0.1) is 0 Å². The first-order valence-corrected chi connectivity index (χ1v) is 5.82. The van der Waals surface area contributed by atoms with Gasteiger partial charge in [0.2, 0.25) is 0 Å². The van der Waals surface area contributed by atoms with Crippen LogP contribution in [0.25, 0.3) is 10.9 Å². The maximum absolute atomic E-state index is 6.01. The lowest BCUT2D eigenvalue weighted by Gasteiger charge is -2.28. The van der Waals surface area contributed by atoms with Gasteiger partial charge in [0, 0.05) is 18.5 Å². The van der Waals surface area contributed by atoms with Crippen LogP contribution in [-0.2, 0) is 4.74 Å². The normalized spacial score (nSPS) is 16.4. The summed E-state index contributed by atoms with van der Waals surface area (Å²) in [6.45, 7) is 3.26. The lowest BCUT2D eigenvalue weighted by atomic mass is 10.2. The Hall–Kier alpha value is -1.46. The number of hydrogen-bond acceptors (Lipinski definition) is 5. The second-order valence-corrected chi connectivity index (χ2v) is 4.22. The van der Waals surface area contributed by atoms with Crippen molar-refractivity contribution in [1.29, 1.82) is 0 Å². The van der Waals surface area contributed by atoms with Crippen LogP contribution < -0.4 is 4.90 Å². The van der Waals surface area contributed by atoms with Crippen molar-refractivity contribution in [2.45, 2.75) is 0 Å². The lowest BCUT2D eigenvalue weighted by Crippen LogP contribution is -2.36. The highest BCUT2D eigenvalue weighted by Gasteiger charge is 2.13. The number of anilines is 1. The second-order valence-electron chi connectivity index (χ2n) is 3.86. The van der Waals surface area contributed by atoms with Crippen molar-refractivity contribution in [3.63, 3.8) is 0 Å². The van der Waals surface area contributed by atoms with Crippen LogP contribution >= 0.6 is 11.6 Å². The predicted octanol–water partition coefficient (Wildman–Crippen LogP) is 1.51. The zero-order chi connectivity index (χ0) is 11.7. The summed E-state index contributed by atoms with van der Waals surface area (Å²) in [6.07, 6.45) is 3.45. The van der Waals surface area contributed by atoms with Crippen LogP contribution in [0.4, 0.5) is 5.69 Å². The van der Waals surface area contributed by atoms with E-state index in [9.17, 15) is 0 Å². The average molecular weight is 251 g/mol. The standard InChI is InChI=1S/C11H11ClN4O/c12-11-9-5-8(16-1-3-17-4-2-16)6-13-10(9)7-14-15-11/h5-7H,1-4H2. The summed E-state index contributed by atoms with van der Waals surface area (Å²) in [5, 5.41) is 8.83. The third kappa shape index (κ3) is 2.03. The van der Waals surface area contributed by atoms with Crippen molar-refractivity contribution in [3.8, 4) is 0 Å². The van der Waals surface area contributed by atoms with E-state index in [-0.39, 0.29) is 0 Å². The molecule has 1 aliphatic heterocycles. The zero-order valence-electron chi connectivity index (χ0n) is 9.14. The molecular weight excluding hydrogens is 240 g/mol. The molecule has 3 heterocycles. The Bertz CT molecular complexity index is 542. The molecule has 0 amide bonds. The van der Waals surface area contributed by atoms with E-state index in [1.807, 2.05) is 12.3 Å². The van der Waals surface area contributed by atoms with E-state index < -0.39 is 0 Å². The molecule has 88 valence electrons. The fraction of sp³-hybridized carbons (Fsp3) is 0.364. The number of rotatable bonds is 1. The van der Waals surface area contributed by atoms with Crippen molar-refractivity contribution < 1.29 is 4.74 Å². The number of pyridine rings is 1. The smallest absolute Gasteiger partial charge is 0.161 e. The van der Waals surface area contributed by atoms with E-state index in [4.69, 9.17) is 16.3 Å². The molecule has 2 aromatic rings. The molecule has 1 fully saturated rings. The molecule has 0 N–H and O–H groups in total. The van der Waals surface area contributed by atoms with Gasteiger partial charge in [-0.25, -0.2) is 0 Å². The van der Waals surface area contributed by atoms with Gasteiger partial charge in [0.1, 0.15) is 0 Å². The number of nitrogens with zero attached hydrogens (tertiary/aromatic N) is 4. The molecule has 0 saturated carbocycles. The lowest BCUT2D eigenvalue weighted by molar-refractivity contribution is 0.122. The Labute approximate surface area is 103 Å². The van der Waals surface area contributed by atoms with Gasteiger partial charge < -0.3 is 9.64 Å². The maximum Gasteiger partial charge on any atom is 0.161 e. The van der Waals surface area contributed by atoms with Crippen molar-refractivity contribution in [2.75, 3.05) is 31.2 Å². The van der Waals surface area contributed by atoms with Gasteiger partial charge in [-0.15, -0.1) is 5.10 Å². The second kappa shape index (κ2) is 4.43. The highest BCUT2D eigenvalue weighted by molar-refractivity contribution is 6.34. The molecule has 0 spiro atoms. The molecule has 0 radical (unpaired) electrons. The van der Waals surface area contributed by atoms with Gasteiger partial charge in [0.05, 0.1) is 36.8 Å². The number of morpholine rings is 1. The Balaban J connectivity index is 2.03. The Morgan fingerprint density at radius 3 is 2.88 bits per heavy atom. The molecule has 0 unspecified atom stereocenters. The first-order valence-electron chi connectivity index (χ1n) is 5.44. The SMILES string of the molecule is Clc1nncc2ncc(N3CCOCC3)cc12. The summed E-state index contributed by atoms with van der Waals surface area (Å²) in [4.78, 5) is 6.58. The minimum atomic E-state index is 0.394. The van der Waals surface area contributed by atoms with Crippen LogP contribution in [0.5, 0.6) is 0 Å². The minimum Gasteiger partial charge on any atom is -0.378 e. The highest BCUT2D eigenvalue weighted by Crippen LogP contribution is 2.24. The Kier molecular flexibility index (Phi) is 2.78. The molecule has 0 aliphatic carbocycles. The van der Waals surface area contributed by atoms with Gasteiger partial charge >= 0.3 is 0 Å². The molecule has 17 heavy (non-hydrogen) atoms. The van der Waals surface area contributed by atoms with Crippen molar-refractivity contribution >= 4 is 28.2 Å². The fourth-order valence-corrected chi connectivity index (χ4v) is 2.11. The molecule has 6 heteroatoms. The molecule has 2 aromatic heterocycles. The van der Waals surface area contributed by atoms with Gasteiger partial charge in [-0.2, -0.15) is 5.10 Å². The Morgan fingerprint density at radius 2 is 2.06 bits per heavy atom. The number of halogens is 1. The summed E-state index contributed by atoms with van der Waals surface area (Å²) < 4.78 is 5.32. The topological polar surface area (TPSA) is 51.1 Å². The van der Waals surface area contributed by atoms with E-state index >= 15 is 0 Å². The van der Waals surface area contributed by atoms with E-state index in [1.165, 1.54) is 0 Å². The van der Waals surface area contributed by atoms with Gasteiger partial charge in [0.25, 0.3) is 0 Å². The van der Waals surface area contributed by atoms with Gasteiger partial charge in [-0.1, -0.05) is 11.6 Å². The molecule has 0 bridgehead atoms. The highest BCUT2D eigenvalue weighted by atomic mass is 35.5. The maximum atomic E-state index is 6.01. The fourth-order valence-electron chi connectivity index (χ4n) is 1.92. The number of ether oxygens (including phenoxy) is 1. The van der Waals surface area contributed by atoms with Crippen LogP contribution in [0.3, 0.4) is 0 Å². The van der Waals surface area contributed by atoms with Crippen LogP contribution in [0.1, 0.15) is 0 Å². The predicted molar refractivity (Wildman–Crippen MR) is 65.4 cm³/mol. The van der Waals surface area contributed by atoms with Crippen molar-refractivity contribution in [3.05, 3.63) is 23.6 Å². The summed E-state index contributed by atoms with van der Waals surface area (Å²) in [5.74, 6) is 0. The van der Waals surface area contributed by atoms with Gasteiger partial charge in [0.15, 0.2) is 5.15 Å². The molecule has 0 atom stereocenters. The first kappa shape index (κ1) is 10.7. The van der Waals surface area contributed by atoms with Gasteiger partial charge in [-0.05, 0) is 6.07 Å². The number of hydrogen-bond donors (Lipinski definition) is 0. The van der Waals surface area contributed by atoms with Crippen LogP contribution in [0.2, 0.25) is 5.15 Å².